The second-order valence-corrected chi connectivity index (χ2v) is 10.8. The molecule has 11 heteroatoms. The molecule has 1 aliphatic heterocycles. The molecule has 0 spiro atoms. The molecular formula is C21H19ClN4O4S2. The first-order chi connectivity index (χ1) is 15.3. The van der Waals surface area contributed by atoms with E-state index in [1.165, 1.54) is 23.5 Å². The fourth-order valence-electron chi connectivity index (χ4n) is 3.35. The Morgan fingerprint density at radius 1 is 1.12 bits per heavy atom. The molecule has 32 heavy (non-hydrogen) atoms. The molecule has 1 N–H and O–H groups in total. The first kappa shape index (κ1) is 22.4. The molecule has 0 aliphatic carbocycles. The first-order valence-corrected chi connectivity index (χ1v) is 12.6. The van der Waals surface area contributed by atoms with Crippen molar-refractivity contribution < 1.29 is 18.0 Å². The number of halogens is 1. The van der Waals surface area contributed by atoms with Crippen molar-refractivity contribution in [1.82, 2.24) is 10.2 Å². The second-order valence-electron chi connectivity index (χ2n) is 7.26. The van der Waals surface area contributed by atoms with Gasteiger partial charge in [0.2, 0.25) is 16.9 Å². The van der Waals surface area contributed by atoms with E-state index in [2.05, 4.69) is 15.5 Å². The molecule has 1 fully saturated rings. The highest BCUT2D eigenvalue weighted by atomic mass is 35.5. The lowest BCUT2D eigenvalue weighted by Gasteiger charge is -2.16. The van der Waals surface area contributed by atoms with Gasteiger partial charge in [-0.15, -0.1) is 10.2 Å². The number of nitrogens with zero attached hydrogens (tertiary/aromatic N) is 3. The van der Waals surface area contributed by atoms with Gasteiger partial charge in [-0.25, -0.2) is 8.42 Å². The maximum Gasteiger partial charge on any atom is 0.227 e. The number of anilines is 2. The third-order valence-corrected chi connectivity index (χ3v) is 7.98. The van der Waals surface area contributed by atoms with Crippen molar-refractivity contribution >= 4 is 55.4 Å². The van der Waals surface area contributed by atoms with Gasteiger partial charge in [0, 0.05) is 36.0 Å². The Balaban J connectivity index is 1.34. The predicted octanol–water partition coefficient (Wildman–Crippen LogP) is 3.51. The van der Waals surface area contributed by atoms with Crippen LogP contribution in [-0.2, 0) is 19.4 Å². The number of aromatic nitrogens is 2. The Labute approximate surface area is 194 Å². The van der Waals surface area contributed by atoms with Gasteiger partial charge in [0.25, 0.3) is 0 Å². The van der Waals surface area contributed by atoms with E-state index >= 15 is 0 Å². The molecule has 3 aromatic rings. The van der Waals surface area contributed by atoms with Crippen molar-refractivity contribution in [2.45, 2.75) is 23.7 Å². The molecule has 1 aromatic heterocycles. The zero-order valence-corrected chi connectivity index (χ0v) is 19.2. The van der Waals surface area contributed by atoms with Crippen molar-refractivity contribution in [3.05, 3.63) is 64.6 Å². The smallest absolute Gasteiger partial charge is 0.227 e. The summed E-state index contributed by atoms with van der Waals surface area (Å²) in [6, 6.07) is 15.0. The SMILES string of the molecule is O=C(CCS(=O)(=O)c1ccccc1)Nc1nnc([C@@H]2CC(=O)N(c3ccc(Cl)cc3)C2)s1. The van der Waals surface area contributed by atoms with Gasteiger partial charge < -0.3 is 10.2 Å². The van der Waals surface area contributed by atoms with Gasteiger partial charge in [-0.05, 0) is 36.4 Å². The molecule has 1 saturated heterocycles. The summed E-state index contributed by atoms with van der Waals surface area (Å²) in [5.74, 6) is -0.927. The number of benzene rings is 2. The highest BCUT2D eigenvalue weighted by Crippen LogP contribution is 2.34. The normalized spacial score (nSPS) is 16.3. The van der Waals surface area contributed by atoms with Crippen molar-refractivity contribution in [3.8, 4) is 0 Å². The number of hydrogen-bond acceptors (Lipinski definition) is 7. The zero-order valence-electron chi connectivity index (χ0n) is 16.8. The highest BCUT2D eigenvalue weighted by molar-refractivity contribution is 7.91. The quantitative estimate of drug-likeness (QED) is 0.542. The third-order valence-electron chi connectivity index (χ3n) is 5.00. The van der Waals surface area contributed by atoms with Crippen molar-refractivity contribution in [2.24, 2.45) is 0 Å². The van der Waals surface area contributed by atoms with E-state index in [1.54, 1.807) is 47.4 Å². The van der Waals surface area contributed by atoms with Gasteiger partial charge >= 0.3 is 0 Å². The van der Waals surface area contributed by atoms with Crippen LogP contribution in [0.15, 0.2) is 59.5 Å². The van der Waals surface area contributed by atoms with Crippen LogP contribution < -0.4 is 10.2 Å². The van der Waals surface area contributed by atoms with E-state index in [1.807, 2.05) is 0 Å². The zero-order chi connectivity index (χ0) is 22.7. The summed E-state index contributed by atoms with van der Waals surface area (Å²) in [6.45, 7) is 0.457. The molecule has 1 aliphatic rings. The average molecular weight is 491 g/mol. The molecular weight excluding hydrogens is 472 g/mol. The minimum absolute atomic E-state index is 0.0239. The van der Waals surface area contributed by atoms with E-state index in [-0.39, 0.29) is 34.0 Å². The topological polar surface area (TPSA) is 109 Å². The third kappa shape index (κ3) is 5.14. The van der Waals surface area contributed by atoms with Crippen LogP contribution in [0.5, 0.6) is 0 Å². The molecule has 2 heterocycles. The van der Waals surface area contributed by atoms with Gasteiger partial charge in [-0.3, -0.25) is 9.59 Å². The molecule has 8 nitrogen and oxygen atoms in total. The monoisotopic (exact) mass is 490 g/mol. The van der Waals surface area contributed by atoms with Gasteiger partial charge in [0.05, 0.1) is 10.6 Å². The lowest BCUT2D eigenvalue weighted by molar-refractivity contribution is -0.117. The van der Waals surface area contributed by atoms with Gasteiger partial charge in [-0.2, -0.15) is 0 Å². The minimum Gasteiger partial charge on any atom is -0.312 e. The maximum absolute atomic E-state index is 12.4. The molecule has 166 valence electrons. The molecule has 0 radical (unpaired) electrons. The molecule has 4 rings (SSSR count). The fraction of sp³-hybridized carbons (Fsp3) is 0.238. The Kier molecular flexibility index (Phi) is 6.54. The van der Waals surface area contributed by atoms with Crippen molar-refractivity contribution in [3.63, 3.8) is 0 Å². The summed E-state index contributed by atoms with van der Waals surface area (Å²) in [7, 11) is -3.54. The molecule has 2 amide bonds. The average Bonchev–Trinajstić information content (AvgIpc) is 3.40. The Morgan fingerprint density at radius 2 is 1.84 bits per heavy atom. The van der Waals surface area contributed by atoms with Crippen molar-refractivity contribution in [1.29, 1.82) is 0 Å². The Morgan fingerprint density at radius 3 is 2.56 bits per heavy atom. The van der Waals surface area contributed by atoms with E-state index in [0.29, 0.717) is 23.0 Å². The fourth-order valence-corrected chi connectivity index (χ4v) is 5.59. The van der Waals surface area contributed by atoms with E-state index in [9.17, 15) is 18.0 Å². The van der Waals surface area contributed by atoms with Crippen LogP contribution >= 0.6 is 22.9 Å². The lowest BCUT2D eigenvalue weighted by atomic mass is 10.1. The number of carbonyl (C=O) groups is 2. The van der Waals surface area contributed by atoms with Crippen LogP contribution in [0.4, 0.5) is 10.8 Å². The van der Waals surface area contributed by atoms with Crippen molar-refractivity contribution in [2.75, 3.05) is 22.5 Å². The summed E-state index contributed by atoms with van der Waals surface area (Å²) in [6.07, 6.45) is 0.0962. The second kappa shape index (κ2) is 9.35. The summed E-state index contributed by atoms with van der Waals surface area (Å²) < 4.78 is 24.6. The highest BCUT2D eigenvalue weighted by Gasteiger charge is 2.34. The van der Waals surface area contributed by atoms with Crippen LogP contribution in [0.1, 0.15) is 23.8 Å². The van der Waals surface area contributed by atoms with Crippen LogP contribution in [0.25, 0.3) is 0 Å². The van der Waals surface area contributed by atoms with Crippen LogP contribution in [0, 0.1) is 0 Å². The van der Waals surface area contributed by atoms with Crippen LogP contribution in [0.2, 0.25) is 5.02 Å². The minimum atomic E-state index is -3.54. The largest absolute Gasteiger partial charge is 0.312 e. The number of amides is 2. The first-order valence-electron chi connectivity index (χ1n) is 9.79. The predicted molar refractivity (Wildman–Crippen MR) is 123 cm³/mol. The molecule has 0 bridgehead atoms. The maximum atomic E-state index is 12.4. The number of hydrogen-bond donors (Lipinski definition) is 1. The number of carbonyl (C=O) groups excluding carboxylic acids is 2. The summed E-state index contributed by atoms with van der Waals surface area (Å²) in [4.78, 5) is 26.5. The molecule has 1 atom stereocenters. The standard InChI is InChI=1S/C21H19ClN4O4S2/c22-15-6-8-16(9-7-15)26-13-14(12-19(26)28)20-24-25-21(31-20)23-18(27)10-11-32(29,30)17-4-2-1-3-5-17/h1-9,14H,10-13H2,(H,23,25,27)/t14-/m1/s1. The van der Waals surface area contributed by atoms with Gasteiger partial charge in [0.15, 0.2) is 9.84 Å². The van der Waals surface area contributed by atoms with Gasteiger partial charge in [-0.1, -0.05) is 41.1 Å². The lowest BCUT2D eigenvalue weighted by Crippen LogP contribution is -2.24. The summed E-state index contributed by atoms with van der Waals surface area (Å²) in [5.41, 5.74) is 0.763. The van der Waals surface area contributed by atoms with Crippen LogP contribution in [0.3, 0.4) is 0 Å². The van der Waals surface area contributed by atoms with Crippen LogP contribution in [-0.4, -0.2) is 42.7 Å². The molecule has 0 saturated carbocycles. The Bertz CT molecular complexity index is 1230. The number of rotatable bonds is 7. The summed E-state index contributed by atoms with van der Waals surface area (Å²) >= 11 is 7.10. The molecule has 2 aromatic carbocycles. The molecule has 0 unspecified atom stereocenters. The number of sulfone groups is 1. The summed E-state index contributed by atoms with van der Waals surface area (Å²) in [5, 5.41) is 12.2. The van der Waals surface area contributed by atoms with E-state index in [4.69, 9.17) is 11.6 Å². The van der Waals surface area contributed by atoms with E-state index < -0.39 is 15.7 Å². The van der Waals surface area contributed by atoms with Gasteiger partial charge in [0.1, 0.15) is 5.01 Å². The van der Waals surface area contributed by atoms with E-state index in [0.717, 1.165) is 5.69 Å². The Hall–Kier alpha value is -2.82. The number of nitrogens with one attached hydrogen (secondary N) is 1.